The highest BCUT2D eigenvalue weighted by Gasteiger charge is 2.15. The van der Waals surface area contributed by atoms with Crippen LogP contribution in [0.1, 0.15) is 32.0 Å². The Bertz CT molecular complexity index is 565. The van der Waals surface area contributed by atoms with Crippen molar-refractivity contribution in [2.45, 2.75) is 33.3 Å². The van der Waals surface area contributed by atoms with Crippen molar-refractivity contribution in [3.05, 3.63) is 17.3 Å². The molecule has 0 spiro atoms. The lowest BCUT2D eigenvalue weighted by Crippen LogP contribution is -2.32. The maximum Gasteiger partial charge on any atom is 0.408 e. The highest BCUT2D eigenvalue weighted by Crippen LogP contribution is 2.15. The molecule has 6 nitrogen and oxygen atoms in total. The van der Waals surface area contributed by atoms with Crippen LogP contribution >= 0.6 is 0 Å². The number of carbonyl (C=O) groups excluding carboxylic acids is 1. The van der Waals surface area contributed by atoms with Crippen molar-refractivity contribution >= 4 is 17.6 Å². The van der Waals surface area contributed by atoms with Crippen molar-refractivity contribution < 1.29 is 9.53 Å². The van der Waals surface area contributed by atoms with E-state index in [0.29, 0.717) is 22.8 Å². The summed E-state index contributed by atoms with van der Waals surface area (Å²) in [7, 11) is 0. The minimum absolute atomic E-state index is 0.179. The van der Waals surface area contributed by atoms with Crippen molar-refractivity contribution in [2.75, 3.05) is 18.0 Å². The molecule has 20 heavy (non-hydrogen) atoms. The molecule has 1 rings (SSSR count). The number of nitrogen functional groups attached to an aromatic ring is 2. The van der Waals surface area contributed by atoms with Gasteiger partial charge >= 0.3 is 6.09 Å². The van der Waals surface area contributed by atoms with Crippen molar-refractivity contribution in [2.24, 2.45) is 0 Å². The average molecular weight is 276 g/mol. The molecule has 0 saturated carbocycles. The second-order valence-electron chi connectivity index (χ2n) is 5.25. The number of aryl methyl sites for hydroxylation is 1. The van der Waals surface area contributed by atoms with E-state index in [1.165, 1.54) is 0 Å². The van der Waals surface area contributed by atoms with Gasteiger partial charge in [-0.1, -0.05) is 11.8 Å². The maximum absolute atomic E-state index is 11.4. The summed E-state index contributed by atoms with van der Waals surface area (Å²) in [4.78, 5) is 15.5. The van der Waals surface area contributed by atoms with Gasteiger partial charge in [-0.05, 0) is 33.8 Å². The fourth-order valence-corrected chi connectivity index (χ4v) is 1.34. The summed E-state index contributed by atoms with van der Waals surface area (Å²) >= 11 is 0. The van der Waals surface area contributed by atoms with Crippen molar-refractivity contribution in [1.82, 2.24) is 10.3 Å². The highest BCUT2D eigenvalue weighted by atomic mass is 16.6. The molecule has 0 fully saturated rings. The van der Waals surface area contributed by atoms with E-state index in [1.54, 1.807) is 33.8 Å². The summed E-state index contributed by atoms with van der Waals surface area (Å²) in [6, 6.07) is 1.66. The number of alkyl carbamates (subject to hydrolysis) is 1. The largest absolute Gasteiger partial charge is 0.444 e. The minimum Gasteiger partial charge on any atom is -0.444 e. The molecule has 0 saturated heterocycles. The Morgan fingerprint density at radius 2 is 2.10 bits per heavy atom. The Morgan fingerprint density at radius 1 is 1.45 bits per heavy atom. The molecule has 108 valence electrons. The summed E-state index contributed by atoms with van der Waals surface area (Å²) in [5.41, 5.74) is 12.5. The maximum atomic E-state index is 11.4. The zero-order chi connectivity index (χ0) is 15.3. The topological polar surface area (TPSA) is 103 Å². The molecule has 1 amide bonds. The molecule has 1 heterocycles. The van der Waals surface area contributed by atoms with E-state index in [4.69, 9.17) is 16.2 Å². The van der Waals surface area contributed by atoms with Crippen molar-refractivity contribution in [3.63, 3.8) is 0 Å². The van der Waals surface area contributed by atoms with Crippen LogP contribution in [-0.2, 0) is 4.74 Å². The van der Waals surface area contributed by atoms with E-state index in [2.05, 4.69) is 22.1 Å². The lowest BCUT2D eigenvalue weighted by atomic mass is 10.2. The zero-order valence-corrected chi connectivity index (χ0v) is 12.2. The van der Waals surface area contributed by atoms with Gasteiger partial charge in [-0.15, -0.1) is 0 Å². The Labute approximate surface area is 118 Å². The molecule has 0 bridgehead atoms. The van der Waals surface area contributed by atoms with Gasteiger partial charge in [0.1, 0.15) is 11.4 Å². The van der Waals surface area contributed by atoms with Gasteiger partial charge in [0.25, 0.3) is 0 Å². The molecule has 0 aromatic carbocycles. The van der Waals surface area contributed by atoms with Gasteiger partial charge < -0.3 is 21.5 Å². The van der Waals surface area contributed by atoms with Gasteiger partial charge in [-0.3, -0.25) is 0 Å². The second kappa shape index (κ2) is 6.15. The molecule has 1 aromatic rings. The normalized spacial score (nSPS) is 10.4. The molecule has 5 N–H and O–H groups in total. The fraction of sp³-hybridized carbons (Fsp3) is 0.429. The van der Waals surface area contributed by atoms with E-state index in [9.17, 15) is 4.79 Å². The summed E-state index contributed by atoms with van der Waals surface area (Å²) < 4.78 is 5.08. The Balaban J connectivity index is 2.60. The van der Waals surface area contributed by atoms with E-state index < -0.39 is 11.7 Å². The Kier molecular flexibility index (Phi) is 4.81. The fourth-order valence-electron chi connectivity index (χ4n) is 1.34. The number of hydrogen-bond acceptors (Lipinski definition) is 5. The number of nitrogens with one attached hydrogen (secondary N) is 1. The predicted molar refractivity (Wildman–Crippen MR) is 78.9 cm³/mol. The zero-order valence-electron chi connectivity index (χ0n) is 12.2. The number of nitrogens with zero attached hydrogens (tertiary/aromatic N) is 1. The van der Waals surface area contributed by atoms with E-state index in [-0.39, 0.29) is 6.54 Å². The molecule has 0 atom stereocenters. The first-order chi connectivity index (χ1) is 9.19. The molecular weight excluding hydrogens is 256 g/mol. The number of anilines is 2. The van der Waals surface area contributed by atoms with E-state index in [1.807, 2.05) is 0 Å². The molecule has 6 heteroatoms. The summed E-state index contributed by atoms with van der Waals surface area (Å²) in [6.45, 7) is 7.36. The number of aromatic nitrogens is 1. The van der Waals surface area contributed by atoms with E-state index in [0.717, 1.165) is 0 Å². The van der Waals surface area contributed by atoms with Crippen LogP contribution in [-0.4, -0.2) is 23.2 Å². The summed E-state index contributed by atoms with van der Waals surface area (Å²) in [5, 5.41) is 2.54. The molecule has 0 aliphatic heterocycles. The molecular formula is C14H20N4O2. The van der Waals surface area contributed by atoms with Crippen LogP contribution < -0.4 is 16.8 Å². The Hall–Kier alpha value is -2.42. The number of pyridine rings is 1. The summed E-state index contributed by atoms with van der Waals surface area (Å²) in [5.74, 6) is 5.98. The molecule has 0 aliphatic carbocycles. The number of rotatable bonds is 1. The second-order valence-corrected chi connectivity index (χ2v) is 5.25. The first-order valence-corrected chi connectivity index (χ1v) is 6.17. The van der Waals surface area contributed by atoms with Crippen LogP contribution in [0, 0.1) is 18.8 Å². The predicted octanol–water partition coefficient (Wildman–Crippen LogP) is 1.43. The summed E-state index contributed by atoms with van der Waals surface area (Å²) in [6.07, 6.45) is -0.501. The first-order valence-electron chi connectivity index (χ1n) is 6.17. The van der Waals surface area contributed by atoms with Crippen molar-refractivity contribution in [1.29, 1.82) is 0 Å². The minimum atomic E-state index is -0.524. The van der Waals surface area contributed by atoms with Gasteiger partial charge in [0.15, 0.2) is 0 Å². The number of hydrogen-bond donors (Lipinski definition) is 3. The number of nitrogens with two attached hydrogens (primary N) is 2. The lowest BCUT2D eigenvalue weighted by Gasteiger charge is -2.19. The first kappa shape index (κ1) is 15.6. The van der Waals surface area contributed by atoms with Crippen LogP contribution in [0.25, 0.3) is 0 Å². The van der Waals surface area contributed by atoms with Crippen LogP contribution in [0.3, 0.4) is 0 Å². The third-order valence-corrected chi connectivity index (χ3v) is 2.22. The average Bonchev–Trinajstić information content (AvgIpc) is 2.28. The monoisotopic (exact) mass is 276 g/mol. The standard InChI is InChI=1S/C14H20N4O2/c1-9-10(8-11(15)12(16)18-9)6-5-7-17-13(19)20-14(2,3)4/h8H,7,15H2,1-4H3,(H2,16,18)(H,17,19). The van der Waals surface area contributed by atoms with Gasteiger partial charge in [0.2, 0.25) is 0 Å². The number of ether oxygens (including phenoxy) is 1. The van der Waals surface area contributed by atoms with Crippen LogP contribution in [0.15, 0.2) is 6.07 Å². The number of carbonyl (C=O) groups is 1. The number of amides is 1. The van der Waals surface area contributed by atoms with Gasteiger partial charge in [-0.25, -0.2) is 9.78 Å². The third-order valence-electron chi connectivity index (χ3n) is 2.22. The molecule has 0 radical (unpaired) electrons. The molecule has 0 aliphatic rings. The van der Waals surface area contributed by atoms with E-state index >= 15 is 0 Å². The third kappa shape index (κ3) is 5.06. The van der Waals surface area contributed by atoms with Crippen molar-refractivity contribution in [3.8, 4) is 11.8 Å². The van der Waals surface area contributed by atoms with Crippen LogP contribution in [0.5, 0.6) is 0 Å². The smallest absolute Gasteiger partial charge is 0.408 e. The van der Waals surface area contributed by atoms with Gasteiger partial charge in [0.05, 0.1) is 17.9 Å². The highest BCUT2D eigenvalue weighted by molar-refractivity contribution is 5.68. The SMILES string of the molecule is Cc1nc(N)c(N)cc1C#CCNC(=O)OC(C)(C)C. The van der Waals surface area contributed by atoms with Crippen LogP contribution in [0.4, 0.5) is 16.3 Å². The quantitative estimate of drug-likeness (QED) is 0.673. The lowest BCUT2D eigenvalue weighted by molar-refractivity contribution is 0.0535. The van der Waals surface area contributed by atoms with Gasteiger partial charge in [-0.2, -0.15) is 0 Å². The molecule has 1 aromatic heterocycles. The van der Waals surface area contributed by atoms with Crippen LogP contribution in [0.2, 0.25) is 0 Å². The Morgan fingerprint density at radius 3 is 2.70 bits per heavy atom. The molecule has 0 unspecified atom stereocenters. The van der Waals surface area contributed by atoms with Gasteiger partial charge in [0, 0.05) is 5.56 Å².